The molecule has 5 aliphatic carbocycles. The number of carboxylic acid groups (broad SMARTS) is 1. The van der Waals surface area contributed by atoms with Crippen molar-refractivity contribution in [2.75, 3.05) is 0 Å². The van der Waals surface area contributed by atoms with Gasteiger partial charge in [-0.2, -0.15) is 0 Å². The molecule has 3 N–H and O–H groups in total. The highest BCUT2D eigenvalue weighted by Crippen LogP contribution is 2.71. The Bertz CT molecular complexity index is 1340. The first-order valence-electron chi connectivity index (χ1n) is 17.0. The van der Waals surface area contributed by atoms with Crippen LogP contribution in [0.2, 0.25) is 0 Å². The molecule has 4 fully saturated rings. The van der Waals surface area contributed by atoms with Gasteiger partial charge in [-0.25, -0.2) is 4.79 Å². The lowest BCUT2D eigenvalue weighted by atomic mass is 9.37. The van der Waals surface area contributed by atoms with Gasteiger partial charge >= 0.3 is 11.9 Å². The van der Waals surface area contributed by atoms with Gasteiger partial charge in [0, 0.05) is 11.5 Å². The Hall–Kier alpha value is -2.60. The van der Waals surface area contributed by atoms with Crippen LogP contribution >= 0.6 is 0 Å². The van der Waals surface area contributed by atoms with E-state index in [0.29, 0.717) is 41.9 Å². The zero-order chi connectivity index (χ0) is 31.8. The average molecular weight is 605 g/mol. The fourth-order valence-electron chi connectivity index (χ4n) is 11.8. The van der Waals surface area contributed by atoms with Gasteiger partial charge in [0.15, 0.2) is 0 Å². The highest BCUT2D eigenvalue weighted by Gasteiger charge is 2.66. The third-order valence-electron chi connectivity index (χ3n) is 13.9. The minimum absolute atomic E-state index is 0.103. The number of allylic oxidation sites excluding steroid dienone is 2. The van der Waals surface area contributed by atoms with E-state index in [0.717, 1.165) is 44.1 Å². The Kier molecular flexibility index (Phi) is 7.87. The molecule has 240 valence electrons. The number of hydrogen-bond acceptors (Lipinski definition) is 5. The lowest BCUT2D eigenvalue weighted by Gasteiger charge is -2.68. The van der Waals surface area contributed by atoms with Crippen molar-refractivity contribution in [1.82, 2.24) is 0 Å². The molecule has 0 saturated heterocycles. The van der Waals surface area contributed by atoms with Crippen LogP contribution in [0.25, 0.3) is 6.08 Å². The molecule has 4 unspecified atom stereocenters. The molecule has 1 aromatic rings. The zero-order valence-electron chi connectivity index (χ0n) is 27.3. The second-order valence-corrected chi connectivity index (χ2v) is 16.3. The number of carboxylic acids is 1. The van der Waals surface area contributed by atoms with E-state index in [-0.39, 0.29) is 28.4 Å². The maximum absolute atomic E-state index is 13.0. The molecule has 44 heavy (non-hydrogen) atoms. The molecule has 0 spiro atoms. The summed E-state index contributed by atoms with van der Waals surface area (Å²) in [4.78, 5) is 25.3. The SMILES string of the molecule is C[C@H]1[C@H](C)C[C@@H](C(=O)O)C2CCC3C(=CCC4[C@@]3(C)CCC3C(C)(C)[C@@H](OC(=O)C=Cc5ccc(O)cc5)[C@H](O)C[C@@]34C)[C@@H]21. The molecular weight excluding hydrogens is 552 g/mol. The Morgan fingerprint density at radius 3 is 2.36 bits per heavy atom. The van der Waals surface area contributed by atoms with Crippen LogP contribution in [0, 0.1) is 63.6 Å². The van der Waals surface area contributed by atoms with Gasteiger partial charge in [-0.1, -0.05) is 65.3 Å². The van der Waals surface area contributed by atoms with Crippen molar-refractivity contribution in [2.24, 2.45) is 63.6 Å². The van der Waals surface area contributed by atoms with Crippen LogP contribution < -0.4 is 0 Å². The van der Waals surface area contributed by atoms with Crippen LogP contribution in [0.4, 0.5) is 0 Å². The normalized spacial score (nSPS) is 44.4. The van der Waals surface area contributed by atoms with Crippen molar-refractivity contribution >= 4 is 18.0 Å². The number of rotatable bonds is 4. The van der Waals surface area contributed by atoms with Crippen LogP contribution in [0.1, 0.15) is 92.1 Å². The van der Waals surface area contributed by atoms with Crippen molar-refractivity contribution < 1.29 is 29.6 Å². The predicted molar refractivity (Wildman–Crippen MR) is 170 cm³/mol. The first-order chi connectivity index (χ1) is 20.7. The molecule has 6 rings (SSSR count). The van der Waals surface area contributed by atoms with Crippen molar-refractivity contribution in [3.8, 4) is 5.75 Å². The topological polar surface area (TPSA) is 104 Å². The van der Waals surface area contributed by atoms with Gasteiger partial charge in [0.05, 0.1) is 12.0 Å². The van der Waals surface area contributed by atoms with E-state index < -0.39 is 29.6 Å². The molecule has 0 aliphatic heterocycles. The van der Waals surface area contributed by atoms with Crippen molar-refractivity contribution in [3.63, 3.8) is 0 Å². The summed E-state index contributed by atoms with van der Waals surface area (Å²) in [6, 6.07) is 6.63. The number of esters is 1. The molecule has 6 heteroatoms. The average Bonchev–Trinajstić information content (AvgIpc) is 2.95. The number of aliphatic hydroxyl groups is 1. The Morgan fingerprint density at radius 1 is 0.977 bits per heavy atom. The monoisotopic (exact) mass is 604 g/mol. The number of aromatic hydroxyl groups is 1. The van der Waals surface area contributed by atoms with Crippen molar-refractivity contribution in [1.29, 1.82) is 0 Å². The van der Waals surface area contributed by atoms with Gasteiger partial charge in [0.2, 0.25) is 0 Å². The summed E-state index contributed by atoms with van der Waals surface area (Å²) in [5.74, 6) is 1.51. The summed E-state index contributed by atoms with van der Waals surface area (Å²) in [5, 5.41) is 31.3. The van der Waals surface area contributed by atoms with Crippen LogP contribution in [0.15, 0.2) is 42.0 Å². The van der Waals surface area contributed by atoms with Crippen LogP contribution in [-0.4, -0.2) is 39.5 Å². The molecule has 5 aliphatic rings. The summed E-state index contributed by atoms with van der Waals surface area (Å²) >= 11 is 0. The Labute approximate surface area is 263 Å². The minimum atomic E-state index is -0.753. The van der Waals surface area contributed by atoms with E-state index in [1.54, 1.807) is 35.9 Å². The predicted octanol–water partition coefficient (Wildman–Crippen LogP) is 7.50. The van der Waals surface area contributed by atoms with E-state index in [4.69, 9.17) is 4.74 Å². The lowest BCUT2D eigenvalue weighted by Crippen LogP contribution is -2.65. The van der Waals surface area contributed by atoms with E-state index >= 15 is 0 Å². The molecule has 6 nitrogen and oxygen atoms in total. The number of ether oxygens (including phenoxy) is 1. The number of fused-ring (bicyclic) bond motifs is 7. The Morgan fingerprint density at radius 2 is 1.68 bits per heavy atom. The number of carbonyl (C=O) groups excluding carboxylic acids is 1. The molecule has 4 saturated carbocycles. The van der Waals surface area contributed by atoms with E-state index in [9.17, 15) is 24.9 Å². The number of aliphatic hydroxyl groups excluding tert-OH is 1. The number of phenols is 1. The summed E-state index contributed by atoms with van der Waals surface area (Å²) < 4.78 is 6.03. The number of hydrogen-bond donors (Lipinski definition) is 3. The fraction of sp³-hybridized carbons (Fsp3) is 0.684. The summed E-state index contributed by atoms with van der Waals surface area (Å²) in [5.41, 5.74) is 1.94. The molecule has 1 aromatic carbocycles. The van der Waals surface area contributed by atoms with Gasteiger partial charge in [0.25, 0.3) is 0 Å². The number of benzene rings is 1. The summed E-state index contributed by atoms with van der Waals surface area (Å²) in [6.07, 6.45) is 10.8. The number of aliphatic carboxylic acids is 1. The third kappa shape index (κ3) is 4.85. The van der Waals surface area contributed by atoms with Crippen LogP contribution in [-0.2, 0) is 14.3 Å². The molecule has 12 atom stereocenters. The smallest absolute Gasteiger partial charge is 0.331 e. The maximum Gasteiger partial charge on any atom is 0.331 e. The highest BCUT2D eigenvalue weighted by molar-refractivity contribution is 5.87. The van der Waals surface area contributed by atoms with E-state index in [2.05, 4.69) is 47.6 Å². The van der Waals surface area contributed by atoms with Gasteiger partial charge in [0.1, 0.15) is 11.9 Å². The van der Waals surface area contributed by atoms with E-state index in [1.165, 1.54) is 6.08 Å². The third-order valence-corrected chi connectivity index (χ3v) is 13.9. The summed E-state index contributed by atoms with van der Waals surface area (Å²) in [7, 11) is 0. The summed E-state index contributed by atoms with van der Waals surface area (Å²) in [6.45, 7) is 13.9. The molecule has 0 radical (unpaired) electrons. The minimum Gasteiger partial charge on any atom is -0.508 e. The van der Waals surface area contributed by atoms with Gasteiger partial charge in [-0.3, -0.25) is 4.79 Å². The van der Waals surface area contributed by atoms with Gasteiger partial charge in [-0.05, 0) is 121 Å². The standard InChI is InChI=1S/C38H52O6/c1-21-19-27(35(42)43)25-12-14-28-26(33(25)22(21)2)13-15-31-37(28,5)18-17-30-36(3,4)34(29(40)20-38(30,31)6)44-32(41)16-9-23-7-10-24(39)11-8-23/h7-11,13,16,21-22,25,27-31,33-34,39-40H,12,14-15,17-20H2,1-6H3,(H,42,43)/t21-,22+,25?,27-,28?,29-,30?,31?,33-,34+,37+,38+/m1/s1. The second kappa shape index (κ2) is 11.0. The first kappa shape index (κ1) is 31.4. The highest BCUT2D eigenvalue weighted by atomic mass is 16.6. The molecule has 0 aromatic heterocycles. The van der Waals surface area contributed by atoms with E-state index in [1.807, 2.05) is 0 Å². The maximum atomic E-state index is 13.0. The van der Waals surface area contributed by atoms with Crippen LogP contribution in [0.5, 0.6) is 5.75 Å². The van der Waals surface area contributed by atoms with Gasteiger partial charge in [-0.15, -0.1) is 0 Å². The first-order valence-corrected chi connectivity index (χ1v) is 17.0. The zero-order valence-corrected chi connectivity index (χ0v) is 27.3. The number of carbonyl (C=O) groups is 2. The van der Waals surface area contributed by atoms with Crippen molar-refractivity contribution in [2.45, 2.75) is 98.7 Å². The molecule has 0 heterocycles. The molecular formula is C38H52O6. The molecule has 0 bridgehead atoms. The largest absolute Gasteiger partial charge is 0.508 e. The van der Waals surface area contributed by atoms with Crippen LogP contribution in [0.3, 0.4) is 0 Å². The molecule has 0 amide bonds. The quantitative estimate of drug-likeness (QED) is 0.187. The fourth-order valence-corrected chi connectivity index (χ4v) is 11.8. The lowest BCUT2D eigenvalue weighted by molar-refractivity contribution is -0.228. The number of phenolic OH excluding ortho intramolecular Hbond substituents is 1. The second-order valence-electron chi connectivity index (χ2n) is 16.3. The van der Waals surface area contributed by atoms with Gasteiger partial charge < -0.3 is 20.1 Å². The van der Waals surface area contributed by atoms with Crippen molar-refractivity contribution in [3.05, 3.63) is 47.6 Å². The Balaban J connectivity index is 1.25.